The first-order chi connectivity index (χ1) is 13.6. The molecule has 1 heterocycles. The Hall–Kier alpha value is -1.93. The minimum absolute atomic E-state index is 0.136. The van der Waals surface area contributed by atoms with Gasteiger partial charge in [0.15, 0.2) is 0 Å². The van der Waals surface area contributed by atoms with Gasteiger partial charge in [-0.1, -0.05) is 24.3 Å². The average molecular weight is 392 g/mol. The zero-order chi connectivity index (χ0) is 20.2. The maximum absolute atomic E-state index is 12.1. The van der Waals surface area contributed by atoms with Gasteiger partial charge < -0.3 is 25.3 Å². The summed E-state index contributed by atoms with van der Waals surface area (Å²) in [5.41, 5.74) is 7.10. The van der Waals surface area contributed by atoms with E-state index in [1.807, 2.05) is 30.3 Å². The molecular formula is C21H33N3O4. The van der Waals surface area contributed by atoms with Crippen molar-refractivity contribution in [2.24, 2.45) is 5.73 Å². The van der Waals surface area contributed by atoms with E-state index in [2.05, 4.69) is 11.4 Å². The first kappa shape index (κ1) is 22.4. The predicted octanol–water partition coefficient (Wildman–Crippen LogP) is 2.45. The van der Waals surface area contributed by atoms with Crippen LogP contribution in [0, 0.1) is 0 Å². The van der Waals surface area contributed by atoms with Crippen molar-refractivity contribution < 1.29 is 19.0 Å². The summed E-state index contributed by atoms with van der Waals surface area (Å²) in [5, 5.41) is 2.84. The number of nitrogens with zero attached hydrogens (tertiary/aromatic N) is 1. The fraction of sp³-hybridized carbons (Fsp3) is 0.571. The third-order valence-corrected chi connectivity index (χ3v) is 4.94. The molecular weight excluding hydrogens is 358 g/mol. The van der Waals surface area contributed by atoms with Crippen LogP contribution in [0.2, 0.25) is 0 Å². The molecule has 7 heteroatoms. The smallest absolute Gasteiger partial charge is 0.321 e. The number of hydrogen-bond donors (Lipinski definition) is 2. The Morgan fingerprint density at radius 3 is 2.68 bits per heavy atom. The lowest BCUT2D eigenvalue weighted by Crippen LogP contribution is -2.38. The van der Waals surface area contributed by atoms with E-state index in [0.29, 0.717) is 26.3 Å². The van der Waals surface area contributed by atoms with Crippen LogP contribution in [0.25, 0.3) is 0 Å². The highest BCUT2D eigenvalue weighted by atomic mass is 16.5. The molecule has 0 aliphatic carbocycles. The van der Waals surface area contributed by atoms with E-state index in [9.17, 15) is 4.79 Å². The van der Waals surface area contributed by atoms with Gasteiger partial charge in [0.1, 0.15) is 0 Å². The van der Waals surface area contributed by atoms with Gasteiger partial charge in [0.25, 0.3) is 0 Å². The van der Waals surface area contributed by atoms with E-state index in [1.54, 1.807) is 19.1 Å². The standard InChI is InChI=1S/C21H33N3O4/c1-24(20(25)23-13-4-12-22)19-7-5-18(6-8-19)17-28-14-3-9-21(26-2)10-15-27-16-11-21/h3,5-9H,4,10-17,22H2,1-2H3,(H,23,25)/b9-3+. The molecule has 0 aromatic heterocycles. The van der Waals surface area contributed by atoms with Crippen LogP contribution >= 0.6 is 0 Å². The summed E-state index contributed by atoms with van der Waals surface area (Å²) in [5.74, 6) is 0. The number of nitrogens with one attached hydrogen (secondary N) is 1. The molecule has 2 amide bonds. The van der Waals surface area contributed by atoms with Crippen LogP contribution in [0.15, 0.2) is 36.4 Å². The molecule has 0 spiro atoms. The lowest BCUT2D eigenvalue weighted by Gasteiger charge is -2.33. The van der Waals surface area contributed by atoms with Gasteiger partial charge in [-0.3, -0.25) is 4.90 Å². The molecule has 1 aromatic carbocycles. The molecule has 0 unspecified atom stereocenters. The Bertz CT molecular complexity index is 613. The maximum Gasteiger partial charge on any atom is 0.321 e. The van der Waals surface area contributed by atoms with Crippen LogP contribution in [0.3, 0.4) is 0 Å². The molecule has 0 saturated carbocycles. The number of methoxy groups -OCH3 is 1. The fourth-order valence-corrected chi connectivity index (χ4v) is 3.01. The molecule has 3 N–H and O–H groups in total. The molecule has 2 rings (SSSR count). The second-order valence-electron chi connectivity index (χ2n) is 6.90. The van der Waals surface area contributed by atoms with Crippen molar-refractivity contribution in [2.75, 3.05) is 52.0 Å². The Morgan fingerprint density at radius 2 is 2.04 bits per heavy atom. The highest BCUT2D eigenvalue weighted by Crippen LogP contribution is 2.25. The molecule has 1 aliphatic heterocycles. The highest BCUT2D eigenvalue weighted by Gasteiger charge is 2.29. The van der Waals surface area contributed by atoms with E-state index < -0.39 is 0 Å². The SMILES string of the molecule is COC1(/C=C/COCc2ccc(N(C)C(=O)NCCCN)cc2)CCOCC1. The molecule has 0 bridgehead atoms. The predicted molar refractivity (Wildman–Crippen MR) is 111 cm³/mol. The Balaban J connectivity index is 1.75. The normalized spacial score (nSPS) is 16.2. The summed E-state index contributed by atoms with van der Waals surface area (Å²) in [4.78, 5) is 13.6. The Morgan fingerprint density at radius 1 is 1.32 bits per heavy atom. The van der Waals surface area contributed by atoms with Gasteiger partial charge in [0.2, 0.25) is 0 Å². The summed E-state index contributed by atoms with van der Waals surface area (Å²) < 4.78 is 16.8. The molecule has 7 nitrogen and oxygen atoms in total. The lowest BCUT2D eigenvalue weighted by atomic mass is 9.93. The van der Waals surface area contributed by atoms with E-state index in [0.717, 1.165) is 43.7 Å². The van der Waals surface area contributed by atoms with Crippen molar-refractivity contribution in [3.05, 3.63) is 42.0 Å². The first-order valence-electron chi connectivity index (χ1n) is 9.79. The summed E-state index contributed by atoms with van der Waals surface area (Å²) in [7, 11) is 3.49. The second kappa shape index (κ2) is 11.8. The van der Waals surface area contributed by atoms with Crippen LogP contribution in [0.1, 0.15) is 24.8 Å². The second-order valence-corrected chi connectivity index (χ2v) is 6.90. The average Bonchev–Trinajstić information content (AvgIpc) is 2.74. The minimum Gasteiger partial charge on any atom is -0.381 e. The lowest BCUT2D eigenvalue weighted by molar-refractivity contribution is -0.0589. The van der Waals surface area contributed by atoms with E-state index >= 15 is 0 Å². The summed E-state index contributed by atoms with van der Waals surface area (Å²) in [6.07, 6.45) is 6.62. The molecule has 28 heavy (non-hydrogen) atoms. The van der Waals surface area contributed by atoms with Crippen LogP contribution < -0.4 is 16.0 Å². The topological polar surface area (TPSA) is 86.1 Å². The molecule has 156 valence electrons. The summed E-state index contributed by atoms with van der Waals surface area (Å²) in [6.45, 7) is 3.64. The molecule has 1 aliphatic rings. The van der Waals surface area contributed by atoms with Crippen LogP contribution in [0.5, 0.6) is 0 Å². The summed E-state index contributed by atoms with van der Waals surface area (Å²) >= 11 is 0. The third-order valence-electron chi connectivity index (χ3n) is 4.94. The number of urea groups is 1. The highest BCUT2D eigenvalue weighted by molar-refractivity contribution is 5.91. The van der Waals surface area contributed by atoms with Crippen LogP contribution in [0.4, 0.5) is 10.5 Å². The van der Waals surface area contributed by atoms with Crippen LogP contribution in [-0.2, 0) is 20.8 Å². The molecule has 1 aromatic rings. The van der Waals surface area contributed by atoms with Crippen molar-refractivity contribution in [3.63, 3.8) is 0 Å². The quantitative estimate of drug-likeness (QED) is 0.473. The van der Waals surface area contributed by atoms with Crippen LogP contribution in [-0.4, -0.2) is 58.7 Å². The molecule has 1 saturated heterocycles. The zero-order valence-electron chi connectivity index (χ0n) is 17.0. The summed E-state index contributed by atoms with van der Waals surface area (Å²) in [6, 6.07) is 7.64. The minimum atomic E-state index is -0.224. The van der Waals surface area contributed by atoms with Gasteiger partial charge >= 0.3 is 6.03 Å². The van der Waals surface area contributed by atoms with Gasteiger partial charge in [-0.25, -0.2) is 4.79 Å². The third kappa shape index (κ3) is 6.91. The van der Waals surface area contributed by atoms with E-state index in [-0.39, 0.29) is 11.6 Å². The van der Waals surface area contributed by atoms with Crippen molar-refractivity contribution >= 4 is 11.7 Å². The monoisotopic (exact) mass is 391 g/mol. The number of anilines is 1. The van der Waals surface area contributed by atoms with Gasteiger partial charge in [-0.15, -0.1) is 0 Å². The molecule has 0 radical (unpaired) electrons. The van der Waals surface area contributed by atoms with Gasteiger partial charge in [-0.2, -0.15) is 0 Å². The van der Waals surface area contributed by atoms with Gasteiger partial charge in [0.05, 0.1) is 18.8 Å². The molecule has 0 atom stereocenters. The van der Waals surface area contributed by atoms with Gasteiger partial charge in [-0.05, 0) is 30.7 Å². The number of ether oxygens (including phenoxy) is 3. The number of carbonyl (C=O) groups is 1. The molecule has 1 fully saturated rings. The van der Waals surface area contributed by atoms with Crippen molar-refractivity contribution in [1.82, 2.24) is 5.32 Å². The Labute approximate surface area is 167 Å². The number of carbonyl (C=O) groups excluding carboxylic acids is 1. The number of hydrogen-bond acceptors (Lipinski definition) is 5. The number of rotatable bonds is 10. The maximum atomic E-state index is 12.1. The fourth-order valence-electron chi connectivity index (χ4n) is 3.01. The largest absolute Gasteiger partial charge is 0.381 e. The van der Waals surface area contributed by atoms with Crippen molar-refractivity contribution in [3.8, 4) is 0 Å². The Kier molecular flexibility index (Phi) is 9.43. The number of amides is 2. The van der Waals surface area contributed by atoms with E-state index in [4.69, 9.17) is 19.9 Å². The first-order valence-corrected chi connectivity index (χ1v) is 9.79. The van der Waals surface area contributed by atoms with Gasteiger partial charge in [0, 0.05) is 52.4 Å². The number of nitrogens with two attached hydrogens (primary N) is 1. The zero-order valence-corrected chi connectivity index (χ0v) is 17.0. The van der Waals surface area contributed by atoms with E-state index in [1.165, 1.54) is 0 Å². The van der Waals surface area contributed by atoms with Crippen molar-refractivity contribution in [2.45, 2.75) is 31.5 Å². The van der Waals surface area contributed by atoms with Crippen molar-refractivity contribution in [1.29, 1.82) is 0 Å². The number of benzene rings is 1.